The van der Waals surface area contributed by atoms with Crippen LogP contribution in [0.4, 0.5) is 17.3 Å². The van der Waals surface area contributed by atoms with Gasteiger partial charge >= 0.3 is 0 Å². The Morgan fingerprint density at radius 1 is 1.04 bits per heavy atom. The van der Waals surface area contributed by atoms with Gasteiger partial charge in [0.05, 0.1) is 5.02 Å². The molecule has 0 atom stereocenters. The lowest BCUT2D eigenvalue weighted by atomic mass is 10.2. The summed E-state index contributed by atoms with van der Waals surface area (Å²) in [5, 5.41) is 24.8. The average Bonchev–Trinajstić information content (AvgIpc) is 3.07. The first-order valence-electron chi connectivity index (χ1n) is 8.03. The van der Waals surface area contributed by atoms with Crippen LogP contribution in [0.5, 0.6) is 5.75 Å². The third-order valence-electron chi connectivity index (χ3n) is 3.92. The summed E-state index contributed by atoms with van der Waals surface area (Å²) in [6.45, 7) is 0.464. The van der Waals surface area contributed by atoms with E-state index < -0.39 is 0 Å². The van der Waals surface area contributed by atoms with Crippen molar-refractivity contribution in [3.8, 4) is 5.75 Å². The number of aromatic amines is 1. The highest BCUT2D eigenvalue weighted by molar-refractivity contribution is 6.32. The van der Waals surface area contributed by atoms with Crippen molar-refractivity contribution in [2.75, 3.05) is 10.6 Å². The summed E-state index contributed by atoms with van der Waals surface area (Å²) in [6, 6.07) is 12.4. The van der Waals surface area contributed by atoms with Crippen molar-refractivity contribution >= 4 is 51.6 Å². The van der Waals surface area contributed by atoms with Crippen molar-refractivity contribution in [2.24, 2.45) is 0 Å². The van der Waals surface area contributed by atoms with Crippen LogP contribution in [0.2, 0.25) is 10.0 Å². The van der Waals surface area contributed by atoms with Crippen LogP contribution < -0.4 is 10.6 Å². The van der Waals surface area contributed by atoms with Gasteiger partial charge in [0.2, 0.25) is 0 Å². The van der Waals surface area contributed by atoms with E-state index in [-0.39, 0.29) is 5.75 Å². The minimum atomic E-state index is 0.0482. The maximum absolute atomic E-state index is 9.53. The third-order valence-corrected chi connectivity index (χ3v) is 4.45. The number of anilines is 3. The second-order valence-corrected chi connectivity index (χ2v) is 6.64. The molecule has 0 spiro atoms. The zero-order valence-electron chi connectivity index (χ0n) is 13.9. The van der Waals surface area contributed by atoms with Crippen LogP contribution >= 0.6 is 23.2 Å². The number of aromatic hydroxyl groups is 1. The number of rotatable bonds is 5. The van der Waals surface area contributed by atoms with Crippen LogP contribution in [-0.2, 0) is 6.54 Å². The maximum Gasteiger partial charge on any atom is 0.162 e. The predicted octanol–water partition coefficient (Wildman–Crippen LogP) is 4.72. The number of phenolic OH excluding ortho intramolecular Hbond substituents is 1. The Labute approximate surface area is 164 Å². The highest BCUT2D eigenvalue weighted by atomic mass is 35.5. The normalized spacial score (nSPS) is 10.9. The Morgan fingerprint density at radius 3 is 2.74 bits per heavy atom. The number of benzene rings is 2. The van der Waals surface area contributed by atoms with E-state index in [2.05, 4.69) is 30.8 Å². The molecule has 2 aromatic carbocycles. The first kappa shape index (κ1) is 17.4. The van der Waals surface area contributed by atoms with Crippen LogP contribution in [0.3, 0.4) is 0 Å². The van der Waals surface area contributed by atoms with Gasteiger partial charge in [0.25, 0.3) is 0 Å². The van der Waals surface area contributed by atoms with E-state index >= 15 is 0 Å². The van der Waals surface area contributed by atoms with Crippen molar-refractivity contribution in [1.29, 1.82) is 0 Å². The summed E-state index contributed by atoms with van der Waals surface area (Å²) in [6.07, 6.45) is 1.46. The molecule has 0 fully saturated rings. The first-order chi connectivity index (χ1) is 13.1. The fraction of sp³-hybridized carbons (Fsp3) is 0.0556. The van der Waals surface area contributed by atoms with Crippen molar-refractivity contribution in [3.63, 3.8) is 0 Å². The van der Waals surface area contributed by atoms with Crippen molar-refractivity contribution in [3.05, 3.63) is 64.4 Å². The third kappa shape index (κ3) is 3.74. The largest absolute Gasteiger partial charge is 0.506 e. The minimum absolute atomic E-state index is 0.0482. The van der Waals surface area contributed by atoms with Gasteiger partial charge in [-0.25, -0.2) is 9.97 Å². The van der Waals surface area contributed by atoms with Crippen LogP contribution in [0.15, 0.2) is 48.8 Å². The number of nitrogens with one attached hydrogen (secondary N) is 3. The lowest BCUT2D eigenvalue weighted by Gasteiger charge is -2.09. The Hall–Kier alpha value is -3.03. The second-order valence-electron chi connectivity index (χ2n) is 5.79. The fourth-order valence-corrected chi connectivity index (χ4v) is 3.02. The molecule has 4 rings (SSSR count). The van der Waals surface area contributed by atoms with Gasteiger partial charge in [-0.1, -0.05) is 35.3 Å². The van der Waals surface area contributed by atoms with E-state index in [9.17, 15) is 5.11 Å². The quantitative estimate of drug-likeness (QED) is 0.386. The molecule has 4 N–H and O–H groups in total. The molecule has 0 aliphatic heterocycles. The smallest absolute Gasteiger partial charge is 0.162 e. The first-order valence-corrected chi connectivity index (χ1v) is 8.78. The molecule has 7 nitrogen and oxygen atoms in total. The topological polar surface area (TPSA) is 98.8 Å². The molecule has 9 heteroatoms. The van der Waals surface area contributed by atoms with Gasteiger partial charge in [-0.2, -0.15) is 5.10 Å². The van der Waals surface area contributed by atoms with E-state index in [1.165, 1.54) is 6.33 Å². The number of hydrogen-bond donors (Lipinski definition) is 4. The molecule has 0 aliphatic rings. The molecule has 0 unspecified atom stereocenters. The van der Waals surface area contributed by atoms with Crippen LogP contribution in [0.25, 0.3) is 11.0 Å². The van der Waals surface area contributed by atoms with Gasteiger partial charge in [-0.05, 0) is 35.9 Å². The van der Waals surface area contributed by atoms with Crippen molar-refractivity contribution in [2.45, 2.75) is 6.54 Å². The molecule has 136 valence electrons. The van der Waals surface area contributed by atoms with E-state index in [0.717, 1.165) is 16.6 Å². The van der Waals surface area contributed by atoms with Crippen LogP contribution in [0.1, 0.15) is 5.56 Å². The number of halogens is 2. The SMILES string of the molecule is Oc1ccc(CNc2n[nH]c3ncnc(Nc4cccc(Cl)c4)c23)cc1Cl. The summed E-state index contributed by atoms with van der Waals surface area (Å²) in [4.78, 5) is 8.54. The van der Waals surface area contributed by atoms with Gasteiger partial charge in [-0.15, -0.1) is 0 Å². The number of aromatic nitrogens is 4. The molecule has 2 aromatic heterocycles. The van der Waals surface area contributed by atoms with Crippen molar-refractivity contribution in [1.82, 2.24) is 20.2 Å². The second kappa shape index (κ2) is 7.30. The van der Waals surface area contributed by atoms with E-state index in [1.54, 1.807) is 30.3 Å². The van der Waals surface area contributed by atoms with E-state index in [1.807, 2.05) is 12.1 Å². The lowest BCUT2D eigenvalue weighted by Crippen LogP contribution is -2.02. The number of hydrogen-bond acceptors (Lipinski definition) is 6. The number of nitrogens with zero attached hydrogens (tertiary/aromatic N) is 3. The van der Waals surface area contributed by atoms with Gasteiger partial charge in [0.1, 0.15) is 23.3 Å². The molecule has 0 saturated heterocycles. The standard InChI is InChI=1S/C18H14Cl2N6O/c19-11-2-1-3-12(7-11)24-16-15-17(25-26-18(15)23-9-22-16)21-8-10-4-5-14(27)13(20)6-10/h1-7,9,27H,8H2,(H3,21,22,23,24,25,26). The molecule has 0 radical (unpaired) electrons. The summed E-state index contributed by atoms with van der Waals surface area (Å²) in [5.74, 6) is 1.24. The highest BCUT2D eigenvalue weighted by Crippen LogP contribution is 2.29. The monoisotopic (exact) mass is 400 g/mol. The Bertz CT molecular complexity index is 1110. The average molecular weight is 401 g/mol. The molecular formula is C18H14Cl2N6O. The Balaban J connectivity index is 1.62. The van der Waals surface area contributed by atoms with Crippen LogP contribution in [-0.4, -0.2) is 25.3 Å². The Morgan fingerprint density at radius 2 is 1.93 bits per heavy atom. The summed E-state index contributed by atoms with van der Waals surface area (Å²) in [5.41, 5.74) is 2.30. The van der Waals surface area contributed by atoms with Gasteiger partial charge < -0.3 is 15.7 Å². The van der Waals surface area contributed by atoms with Gasteiger partial charge in [0, 0.05) is 17.3 Å². The number of fused-ring (bicyclic) bond motifs is 1. The summed E-state index contributed by atoms with van der Waals surface area (Å²) < 4.78 is 0. The molecule has 0 saturated carbocycles. The Kier molecular flexibility index (Phi) is 4.70. The maximum atomic E-state index is 9.53. The molecule has 27 heavy (non-hydrogen) atoms. The zero-order valence-corrected chi connectivity index (χ0v) is 15.4. The number of phenols is 1. The van der Waals surface area contributed by atoms with Crippen LogP contribution in [0, 0.1) is 0 Å². The predicted molar refractivity (Wildman–Crippen MR) is 107 cm³/mol. The molecule has 0 aliphatic carbocycles. The van der Waals surface area contributed by atoms with E-state index in [0.29, 0.717) is 33.9 Å². The molecule has 0 bridgehead atoms. The minimum Gasteiger partial charge on any atom is -0.506 e. The molecule has 0 amide bonds. The van der Waals surface area contributed by atoms with E-state index in [4.69, 9.17) is 23.2 Å². The number of H-pyrrole nitrogens is 1. The lowest BCUT2D eigenvalue weighted by molar-refractivity contribution is 0.475. The molecular weight excluding hydrogens is 387 g/mol. The highest BCUT2D eigenvalue weighted by Gasteiger charge is 2.13. The summed E-state index contributed by atoms with van der Waals surface area (Å²) >= 11 is 12.0. The molecule has 2 heterocycles. The molecule has 4 aromatic rings. The zero-order chi connectivity index (χ0) is 18.8. The van der Waals surface area contributed by atoms with Crippen molar-refractivity contribution < 1.29 is 5.11 Å². The van der Waals surface area contributed by atoms with Gasteiger partial charge in [-0.3, -0.25) is 5.10 Å². The summed E-state index contributed by atoms with van der Waals surface area (Å²) in [7, 11) is 0. The van der Waals surface area contributed by atoms with Gasteiger partial charge in [0.15, 0.2) is 11.5 Å². The fourth-order valence-electron chi connectivity index (χ4n) is 2.63.